The Labute approximate surface area is 114 Å². The molecule has 0 heterocycles. The smallest absolute Gasteiger partial charge is 0.123 e. The van der Waals surface area contributed by atoms with Crippen LogP contribution < -0.4 is 9.64 Å². The number of rotatable bonds is 5. The van der Waals surface area contributed by atoms with E-state index < -0.39 is 0 Å². The van der Waals surface area contributed by atoms with E-state index in [0.717, 1.165) is 29.2 Å². The molecule has 0 aliphatic rings. The number of nitrogens with zero attached hydrogens (tertiary/aromatic N) is 1. The van der Waals surface area contributed by atoms with Crippen molar-refractivity contribution in [2.45, 2.75) is 6.92 Å². The van der Waals surface area contributed by atoms with Gasteiger partial charge in [-0.05, 0) is 30.7 Å². The average Bonchev–Trinajstić information content (AvgIpc) is 2.46. The number of hydrogen-bond acceptors (Lipinski definition) is 2. The number of benzene rings is 2. The maximum atomic E-state index is 5.40. The molecule has 0 amide bonds. The first-order chi connectivity index (χ1) is 9.26. The van der Waals surface area contributed by atoms with Gasteiger partial charge in [-0.15, -0.1) is 6.58 Å². The normalized spacial score (nSPS) is 10.0. The van der Waals surface area contributed by atoms with Crippen LogP contribution in [0.25, 0.3) is 0 Å². The fraction of sp³-hybridized carbons (Fsp3) is 0.176. The summed E-state index contributed by atoms with van der Waals surface area (Å²) >= 11 is 0. The number of ether oxygens (including phenoxy) is 1. The minimum atomic E-state index is 0.760. The van der Waals surface area contributed by atoms with Crippen LogP contribution in [-0.2, 0) is 0 Å². The molecule has 2 nitrogen and oxygen atoms in total. The second-order valence-electron chi connectivity index (χ2n) is 4.39. The van der Waals surface area contributed by atoms with Crippen LogP contribution in [0.5, 0.6) is 5.75 Å². The minimum Gasteiger partial charge on any atom is -0.496 e. The lowest BCUT2D eigenvalue weighted by atomic mass is 10.1. The first-order valence-corrected chi connectivity index (χ1v) is 6.34. The summed E-state index contributed by atoms with van der Waals surface area (Å²) in [5.74, 6) is 0.905. The molecular formula is C17H19NO. The van der Waals surface area contributed by atoms with E-state index >= 15 is 0 Å². The van der Waals surface area contributed by atoms with Crippen LogP contribution in [0, 0.1) is 6.92 Å². The van der Waals surface area contributed by atoms with Gasteiger partial charge in [-0.1, -0.05) is 30.3 Å². The van der Waals surface area contributed by atoms with E-state index in [1.54, 1.807) is 7.11 Å². The maximum absolute atomic E-state index is 5.40. The third-order valence-corrected chi connectivity index (χ3v) is 3.08. The quantitative estimate of drug-likeness (QED) is 0.735. The molecule has 98 valence electrons. The fourth-order valence-electron chi connectivity index (χ4n) is 2.07. The predicted molar refractivity (Wildman–Crippen MR) is 81.4 cm³/mol. The second kappa shape index (κ2) is 6.10. The summed E-state index contributed by atoms with van der Waals surface area (Å²) in [6.07, 6.45) is 1.90. The zero-order valence-electron chi connectivity index (χ0n) is 11.5. The lowest BCUT2D eigenvalue weighted by Crippen LogP contribution is -2.16. The molecule has 0 saturated carbocycles. The van der Waals surface area contributed by atoms with Crippen LogP contribution in [0.1, 0.15) is 5.56 Å². The summed E-state index contributed by atoms with van der Waals surface area (Å²) in [6, 6.07) is 16.5. The van der Waals surface area contributed by atoms with E-state index in [1.807, 2.05) is 31.2 Å². The van der Waals surface area contributed by atoms with Crippen LogP contribution in [0.3, 0.4) is 0 Å². The van der Waals surface area contributed by atoms with Crippen molar-refractivity contribution in [1.82, 2.24) is 0 Å². The molecular weight excluding hydrogens is 234 g/mol. The van der Waals surface area contributed by atoms with Gasteiger partial charge in [0, 0.05) is 24.0 Å². The summed E-state index contributed by atoms with van der Waals surface area (Å²) in [5.41, 5.74) is 3.39. The fourth-order valence-corrected chi connectivity index (χ4v) is 2.07. The molecule has 2 aromatic carbocycles. The van der Waals surface area contributed by atoms with Crippen molar-refractivity contribution in [2.24, 2.45) is 0 Å². The second-order valence-corrected chi connectivity index (χ2v) is 4.39. The van der Waals surface area contributed by atoms with Crippen molar-refractivity contribution in [3.05, 3.63) is 66.7 Å². The molecule has 2 heteroatoms. The van der Waals surface area contributed by atoms with Crippen LogP contribution in [0.4, 0.5) is 11.4 Å². The Bertz CT molecular complexity index is 548. The van der Waals surface area contributed by atoms with E-state index in [2.05, 4.69) is 41.8 Å². The molecule has 0 spiro atoms. The van der Waals surface area contributed by atoms with Gasteiger partial charge in [-0.2, -0.15) is 0 Å². The van der Waals surface area contributed by atoms with Crippen molar-refractivity contribution in [3.8, 4) is 5.75 Å². The number of methoxy groups -OCH3 is 1. The van der Waals surface area contributed by atoms with Gasteiger partial charge in [0.05, 0.1) is 7.11 Å². The van der Waals surface area contributed by atoms with Crippen molar-refractivity contribution in [3.63, 3.8) is 0 Å². The highest BCUT2D eigenvalue weighted by atomic mass is 16.5. The predicted octanol–water partition coefficient (Wildman–Crippen LogP) is 4.33. The van der Waals surface area contributed by atoms with Crippen LogP contribution in [0.2, 0.25) is 0 Å². The molecule has 0 radical (unpaired) electrons. The van der Waals surface area contributed by atoms with E-state index in [9.17, 15) is 0 Å². The molecule has 0 aliphatic heterocycles. The molecule has 2 rings (SSSR count). The monoisotopic (exact) mass is 253 g/mol. The molecule has 19 heavy (non-hydrogen) atoms. The Hall–Kier alpha value is -2.22. The van der Waals surface area contributed by atoms with Gasteiger partial charge >= 0.3 is 0 Å². The summed E-state index contributed by atoms with van der Waals surface area (Å²) in [6.45, 7) is 6.64. The topological polar surface area (TPSA) is 12.5 Å². The Balaban J connectivity index is 2.42. The number of anilines is 2. The largest absolute Gasteiger partial charge is 0.496 e. The third kappa shape index (κ3) is 2.97. The van der Waals surface area contributed by atoms with Gasteiger partial charge in [0.25, 0.3) is 0 Å². The third-order valence-electron chi connectivity index (χ3n) is 3.08. The van der Waals surface area contributed by atoms with Crippen molar-refractivity contribution in [1.29, 1.82) is 0 Å². The average molecular weight is 253 g/mol. The highest BCUT2D eigenvalue weighted by Gasteiger charge is 2.09. The van der Waals surface area contributed by atoms with E-state index in [4.69, 9.17) is 4.74 Å². The Morgan fingerprint density at radius 2 is 1.84 bits per heavy atom. The number of para-hydroxylation sites is 1. The van der Waals surface area contributed by atoms with Gasteiger partial charge in [-0.25, -0.2) is 0 Å². The highest BCUT2D eigenvalue weighted by molar-refractivity contribution is 5.65. The van der Waals surface area contributed by atoms with Crippen molar-refractivity contribution < 1.29 is 4.74 Å². The van der Waals surface area contributed by atoms with Crippen LogP contribution in [0.15, 0.2) is 61.2 Å². The Morgan fingerprint density at radius 1 is 1.11 bits per heavy atom. The van der Waals surface area contributed by atoms with Gasteiger partial charge in [-0.3, -0.25) is 0 Å². The van der Waals surface area contributed by atoms with Crippen molar-refractivity contribution in [2.75, 3.05) is 18.6 Å². The SMILES string of the molecule is C=CCN(c1ccccc1)c1ccc(C)c(OC)c1. The molecule has 0 aliphatic carbocycles. The zero-order chi connectivity index (χ0) is 13.7. The van der Waals surface area contributed by atoms with Gasteiger partial charge in [0.15, 0.2) is 0 Å². The lowest BCUT2D eigenvalue weighted by Gasteiger charge is -2.24. The first kappa shape index (κ1) is 13.2. The maximum Gasteiger partial charge on any atom is 0.123 e. The number of hydrogen-bond donors (Lipinski definition) is 0. The van der Waals surface area contributed by atoms with Crippen molar-refractivity contribution >= 4 is 11.4 Å². The molecule has 0 N–H and O–H groups in total. The molecule has 0 fully saturated rings. The molecule has 2 aromatic rings. The van der Waals surface area contributed by atoms with E-state index in [0.29, 0.717) is 0 Å². The Morgan fingerprint density at radius 3 is 2.47 bits per heavy atom. The summed E-state index contributed by atoms with van der Waals surface area (Å²) < 4.78 is 5.40. The van der Waals surface area contributed by atoms with Crippen LogP contribution >= 0.6 is 0 Å². The molecule has 0 unspecified atom stereocenters. The molecule has 0 bridgehead atoms. The highest BCUT2D eigenvalue weighted by Crippen LogP contribution is 2.30. The van der Waals surface area contributed by atoms with Gasteiger partial charge in [0.2, 0.25) is 0 Å². The standard InChI is InChI=1S/C17H19NO/c1-4-12-18(15-8-6-5-7-9-15)16-11-10-14(2)17(13-16)19-3/h4-11,13H,1,12H2,2-3H3. The van der Waals surface area contributed by atoms with Gasteiger partial charge < -0.3 is 9.64 Å². The zero-order valence-corrected chi connectivity index (χ0v) is 11.5. The van der Waals surface area contributed by atoms with E-state index in [1.165, 1.54) is 0 Å². The number of aryl methyl sites for hydroxylation is 1. The summed E-state index contributed by atoms with van der Waals surface area (Å²) in [4.78, 5) is 2.20. The van der Waals surface area contributed by atoms with E-state index in [-0.39, 0.29) is 0 Å². The molecule has 0 atom stereocenters. The summed E-state index contributed by atoms with van der Waals surface area (Å²) in [5, 5.41) is 0. The van der Waals surface area contributed by atoms with Crippen LogP contribution in [-0.4, -0.2) is 13.7 Å². The molecule has 0 aromatic heterocycles. The first-order valence-electron chi connectivity index (χ1n) is 6.34. The minimum absolute atomic E-state index is 0.760. The Kier molecular flexibility index (Phi) is 4.24. The van der Waals surface area contributed by atoms with Gasteiger partial charge in [0.1, 0.15) is 5.75 Å². The molecule has 0 saturated heterocycles. The lowest BCUT2D eigenvalue weighted by molar-refractivity contribution is 0.412. The summed E-state index contributed by atoms with van der Waals surface area (Å²) in [7, 11) is 1.70.